The van der Waals surface area contributed by atoms with Crippen molar-refractivity contribution < 1.29 is 0 Å². The van der Waals surface area contributed by atoms with Gasteiger partial charge in [0.2, 0.25) is 0 Å². The smallest absolute Gasteiger partial charge is 0.130 e. The highest BCUT2D eigenvalue weighted by Crippen LogP contribution is 2.35. The van der Waals surface area contributed by atoms with E-state index in [0.717, 1.165) is 6.42 Å². The predicted molar refractivity (Wildman–Crippen MR) is 177 cm³/mol. The van der Waals surface area contributed by atoms with Crippen LogP contribution in [0.25, 0.3) is 5.57 Å². The fourth-order valence-electron chi connectivity index (χ4n) is 5.39. The van der Waals surface area contributed by atoms with Gasteiger partial charge in [-0.3, -0.25) is 0 Å². The average molecular weight is 539 g/mol. The van der Waals surface area contributed by atoms with Crippen molar-refractivity contribution >= 4 is 22.9 Å². The molecule has 200 valence electrons. The molecule has 0 amide bonds. The van der Waals surface area contributed by atoms with E-state index in [1.165, 1.54) is 33.9 Å². The summed E-state index contributed by atoms with van der Waals surface area (Å²) in [6.07, 6.45) is 9.11. The Labute approximate surface area is 243 Å². The molecule has 40 heavy (non-hydrogen) atoms. The topological polar surface area (TPSA) is 17.8 Å². The number of benzene rings is 4. The molecule has 0 spiro atoms. The zero-order valence-electron chi connectivity index (χ0n) is 23.7. The van der Waals surface area contributed by atoms with Crippen molar-refractivity contribution in [1.82, 2.24) is 9.55 Å². The number of rotatable bonds is 10. The minimum Gasteiger partial charge on any atom is -0.327 e. The van der Waals surface area contributed by atoms with Gasteiger partial charge in [-0.05, 0) is 40.2 Å². The second kappa shape index (κ2) is 14.9. The monoisotopic (exact) mass is 538 g/mol. The molecule has 0 radical (unpaired) electrons. The van der Waals surface area contributed by atoms with Gasteiger partial charge in [0.05, 0.1) is 21.0 Å². The van der Waals surface area contributed by atoms with Crippen LogP contribution in [0, 0.1) is 5.92 Å². The lowest BCUT2D eigenvalue weighted by Crippen LogP contribution is -2.42. The number of allylic oxidation sites excluding steroid dienone is 1. The van der Waals surface area contributed by atoms with Gasteiger partial charge in [-0.15, -0.1) is 12.6 Å². The molecule has 0 saturated carbocycles. The number of hydrogen-bond acceptors (Lipinski definition) is 1. The first-order valence-corrected chi connectivity index (χ1v) is 15.9. The number of imidazole rings is 1. The molecule has 1 atom stereocenters. The van der Waals surface area contributed by atoms with Crippen LogP contribution in [0.4, 0.5) is 0 Å². The highest BCUT2D eigenvalue weighted by Gasteiger charge is 2.36. The van der Waals surface area contributed by atoms with E-state index in [2.05, 4.69) is 152 Å². The van der Waals surface area contributed by atoms with Crippen LogP contribution < -0.4 is 0 Å². The van der Waals surface area contributed by atoms with E-state index in [4.69, 9.17) is 0 Å². The molecule has 0 aliphatic heterocycles. The molecule has 4 aromatic carbocycles. The van der Waals surface area contributed by atoms with Gasteiger partial charge in [-0.2, -0.15) is 0 Å². The van der Waals surface area contributed by atoms with Crippen LogP contribution in [0.3, 0.4) is 0 Å². The minimum atomic E-state index is -0.540. The van der Waals surface area contributed by atoms with Gasteiger partial charge in [0.1, 0.15) is 7.85 Å². The Morgan fingerprint density at radius 1 is 0.825 bits per heavy atom. The lowest BCUT2D eigenvalue weighted by molar-refractivity contribution is 0.573. The fraction of sp³-hybridized carbons (Fsp3) is 0.139. The van der Waals surface area contributed by atoms with Crippen molar-refractivity contribution in [3.05, 3.63) is 181 Å². The third kappa shape index (κ3) is 7.08. The summed E-state index contributed by atoms with van der Waals surface area (Å²) in [5.41, 5.74) is 6.54. The molecular formula is C36H39BN2Si. The van der Waals surface area contributed by atoms with Crippen molar-refractivity contribution in [2.45, 2.75) is 24.6 Å². The van der Waals surface area contributed by atoms with Crippen molar-refractivity contribution in [2.75, 3.05) is 0 Å². The summed E-state index contributed by atoms with van der Waals surface area (Å²) in [5, 5.41) is -0.103. The first kappa shape index (κ1) is 28.8. The maximum absolute atomic E-state index is 4.37. The predicted octanol–water partition coefficient (Wildman–Crippen LogP) is 7.14. The third-order valence-corrected chi connectivity index (χ3v) is 10.7. The Kier molecular flexibility index (Phi) is 10.7. The Hall–Kier alpha value is -4.15. The lowest BCUT2D eigenvalue weighted by atomic mass is 9.92. The second-order valence-corrected chi connectivity index (χ2v) is 12.3. The van der Waals surface area contributed by atoms with Crippen LogP contribution in [-0.4, -0.2) is 26.9 Å². The largest absolute Gasteiger partial charge is 0.327 e. The van der Waals surface area contributed by atoms with E-state index in [9.17, 15) is 0 Å². The van der Waals surface area contributed by atoms with E-state index in [1.54, 1.807) is 0 Å². The van der Waals surface area contributed by atoms with Gasteiger partial charge < -0.3 is 4.57 Å². The van der Waals surface area contributed by atoms with Gasteiger partial charge in [0.15, 0.2) is 0 Å². The number of nitrogens with zero attached hydrogens (tertiary/aromatic N) is 2. The quantitative estimate of drug-likeness (QED) is 0.137. The van der Waals surface area contributed by atoms with Crippen LogP contribution in [0.1, 0.15) is 35.6 Å². The van der Waals surface area contributed by atoms with Crippen molar-refractivity contribution in [3.63, 3.8) is 0 Å². The molecule has 4 heteroatoms. The minimum absolute atomic E-state index is 0.103. The lowest BCUT2D eigenvalue weighted by Gasteiger charge is -2.37. The van der Waals surface area contributed by atoms with Gasteiger partial charge >= 0.3 is 0 Å². The van der Waals surface area contributed by atoms with Crippen molar-refractivity contribution in [1.29, 1.82) is 0 Å². The Morgan fingerprint density at radius 2 is 1.30 bits per heavy atom. The third-order valence-electron chi connectivity index (χ3n) is 7.47. The molecule has 0 N–H and O–H groups in total. The molecule has 0 bridgehead atoms. The number of aromatic nitrogens is 2. The second-order valence-electron chi connectivity index (χ2n) is 10.2. The summed E-state index contributed by atoms with van der Waals surface area (Å²) in [6.45, 7) is 6.25. The molecule has 2 nitrogen and oxygen atoms in total. The molecule has 0 aliphatic carbocycles. The van der Waals surface area contributed by atoms with E-state index >= 15 is 0 Å². The first-order chi connectivity index (χ1) is 19.7. The zero-order chi connectivity index (χ0) is 28.0. The van der Waals surface area contributed by atoms with Crippen LogP contribution in [0.5, 0.6) is 0 Å². The molecule has 5 rings (SSSR count). The Bertz CT molecular complexity index is 1350. The first-order valence-electron chi connectivity index (χ1n) is 14.2. The van der Waals surface area contributed by atoms with Gasteiger partial charge in [-0.1, -0.05) is 140 Å². The Morgan fingerprint density at radius 3 is 1.70 bits per heavy atom. The summed E-state index contributed by atoms with van der Waals surface area (Å²) in [5.74, 6) is 2.82. The van der Waals surface area contributed by atoms with E-state index in [0.29, 0.717) is 5.92 Å². The van der Waals surface area contributed by atoms with Crippen LogP contribution >= 0.6 is 0 Å². The normalized spacial score (nSPS) is 11.8. The molecule has 1 heterocycles. The standard InChI is InChI=1S/C22H26N2Si.C14H13B/c1-3-10-19(2)17-25-22(24-16-15-23-18-24,20-11-6-4-7-12-20)21-13-8-5-9-14-21;15-11-14(12-7-3-1-4-8-12)13-9-5-2-6-10-13/h3-9,11-16,18-19H,1,10,17,25H2,2H3;1-11H,15H2. The molecule has 0 fully saturated rings. The van der Waals surface area contributed by atoms with E-state index in [-0.39, 0.29) is 5.16 Å². The highest BCUT2D eigenvalue weighted by molar-refractivity contribution is 6.41. The summed E-state index contributed by atoms with van der Waals surface area (Å²) in [7, 11) is 1.54. The molecule has 5 aromatic rings. The molecule has 1 aromatic heterocycles. The Balaban J connectivity index is 0.000000210. The highest BCUT2D eigenvalue weighted by atomic mass is 28.2. The summed E-state index contributed by atoms with van der Waals surface area (Å²) < 4.78 is 2.32. The average Bonchev–Trinajstić information content (AvgIpc) is 3.56. The number of hydrogen-bond donors (Lipinski definition) is 0. The van der Waals surface area contributed by atoms with E-state index < -0.39 is 9.52 Å². The van der Waals surface area contributed by atoms with Gasteiger partial charge in [0, 0.05) is 12.4 Å². The molecule has 0 saturated heterocycles. The maximum Gasteiger partial charge on any atom is 0.130 e. The van der Waals surface area contributed by atoms with Gasteiger partial charge in [-0.25, -0.2) is 4.98 Å². The summed E-state index contributed by atoms with van der Waals surface area (Å²) >= 11 is 0. The SMILES string of the molecule is BC=C(c1ccccc1)c1ccccc1.C=CCC(C)C[SiH2]C(c1ccccc1)(c1ccccc1)n1ccnc1. The van der Waals surface area contributed by atoms with E-state index in [1.807, 2.05) is 30.7 Å². The summed E-state index contributed by atoms with van der Waals surface area (Å²) in [6, 6.07) is 44.0. The van der Waals surface area contributed by atoms with Gasteiger partial charge in [0.25, 0.3) is 0 Å². The zero-order valence-corrected chi connectivity index (χ0v) is 25.1. The maximum atomic E-state index is 4.37. The van der Waals surface area contributed by atoms with Crippen LogP contribution in [0.2, 0.25) is 6.04 Å². The molecule has 0 aliphatic rings. The van der Waals surface area contributed by atoms with Crippen molar-refractivity contribution in [2.24, 2.45) is 5.92 Å². The van der Waals surface area contributed by atoms with Crippen LogP contribution in [-0.2, 0) is 5.16 Å². The molecular weight excluding hydrogens is 499 g/mol. The van der Waals surface area contributed by atoms with Crippen molar-refractivity contribution in [3.8, 4) is 0 Å². The van der Waals surface area contributed by atoms with Crippen LogP contribution in [0.15, 0.2) is 159 Å². The summed E-state index contributed by atoms with van der Waals surface area (Å²) in [4.78, 5) is 4.37. The fourth-order valence-corrected chi connectivity index (χ4v) is 8.03. The molecule has 1 unspecified atom stereocenters.